The summed E-state index contributed by atoms with van der Waals surface area (Å²) in [6, 6.07) is 0. The minimum absolute atomic E-state index is 0.217. The first kappa shape index (κ1) is 11.6. The number of imidazole rings is 1. The molecule has 1 N–H and O–H groups in total. The van der Waals surface area contributed by atoms with Crippen molar-refractivity contribution in [2.75, 3.05) is 6.54 Å². The van der Waals surface area contributed by atoms with Gasteiger partial charge in [0.15, 0.2) is 4.96 Å². The number of rotatable bonds is 4. The number of hydrogen-bond donors (Lipinski definition) is 1. The van der Waals surface area contributed by atoms with E-state index in [-0.39, 0.29) is 5.54 Å². The van der Waals surface area contributed by atoms with Crippen molar-refractivity contribution >= 4 is 16.3 Å². The van der Waals surface area contributed by atoms with Crippen molar-refractivity contribution in [2.24, 2.45) is 0 Å². The first-order chi connectivity index (χ1) is 7.54. The number of aromatic nitrogens is 2. The van der Waals surface area contributed by atoms with Gasteiger partial charge in [-0.15, -0.1) is 11.3 Å². The smallest absolute Gasteiger partial charge is 0.193 e. The maximum Gasteiger partial charge on any atom is 0.193 e. The van der Waals surface area contributed by atoms with Crippen LogP contribution >= 0.6 is 11.3 Å². The molecule has 0 aliphatic rings. The molecule has 0 aliphatic heterocycles. The highest BCUT2D eigenvalue weighted by Crippen LogP contribution is 2.12. The van der Waals surface area contributed by atoms with E-state index in [4.69, 9.17) is 0 Å². The summed E-state index contributed by atoms with van der Waals surface area (Å²) in [6.45, 7) is 7.63. The highest BCUT2D eigenvalue weighted by atomic mass is 32.1. The summed E-state index contributed by atoms with van der Waals surface area (Å²) >= 11 is 1.69. The van der Waals surface area contributed by atoms with Crippen LogP contribution in [0.25, 0.3) is 4.96 Å². The van der Waals surface area contributed by atoms with Crippen LogP contribution in [-0.4, -0.2) is 21.5 Å². The van der Waals surface area contributed by atoms with Crippen LogP contribution in [0.3, 0.4) is 0 Å². The molecule has 0 saturated carbocycles. The van der Waals surface area contributed by atoms with Crippen LogP contribution < -0.4 is 5.32 Å². The Morgan fingerprint density at radius 3 is 2.94 bits per heavy atom. The number of thiazole rings is 1. The third-order valence-corrected chi connectivity index (χ3v) is 3.18. The second-order valence-electron chi connectivity index (χ2n) is 5.11. The molecule has 0 unspecified atom stereocenters. The predicted octanol–water partition coefficient (Wildman–Crippen LogP) is 2.72. The zero-order chi connectivity index (χ0) is 11.6. The Morgan fingerprint density at radius 2 is 2.25 bits per heavy atom. The summed E-state index contributed by atoms with van der Waals surface area (Å²) in [7, 11) is 0. The Labute approximate surface area is 101 Å². The molecule has 2 aromatic rings. The van der Waals surface area contributed by atoms with Crippen molar-refractivity contribution in [1.82, 2.24) is 14.7 Å². The summed E-state index contributed by atoms with van der Waals surface area (Å²) in [5, 5.41) is 5.55. The molecular formula is C12H19N3S. The van der Waals surface area contributed by atoms with E-state index >= 15 is 0 Å². The van der Waals surface area contributed by atoms with E-state index in [1.165, 1.54) is 5.69 Å². The Kier molecular flexibility index (Phi) is 3.30. The average Bonchev–Trinajstić information content (AvgIpc) is 2.70. The molecule has 4 heteroatoms. The van der Waals surface area contributed by atoms with Gasteiger partial charge in [-0.1, -0.05) is 0 Å². The van der Waals surface area contributed by atoms with Gasteiger partial charge in [-0.2, -0.15) is 0 Å². The Morgan fingerprint density at radius 1 is 1.44 bits per heavy atom. The van der Waals surface area contributed by atoms with Crippen molar-refractivity contribution in [2.45, 2.75) is 39.2 Å². The van der Waals surface area contributed by atoms with Crippen LogP contribution in [0.2, 0.25) is 0 Å². The molecule has 16 heavy (non-hydrogen) atoms. The molecule has 2 heterocycles. The maximum absolute atomic E-state index is 4.56. The van der Waals surface area contributed by atoms with Gasteiger partial charge in [0.1, 0.15) is 0 Å². The fourth-order valence-electron chi connectivity index (χ4n) is 1.63. The van der Waals surface area contributed by atoms with Gasteiger partial charge in [0.25, 0.3) is 0 Å². The second kappa shape index (κ2) is 4.55. The van der Waals surface area contributed by atoms with Crippen molar-refractivity contribution < 1.29 is 0 Å². The fourth-order valence-corrected chi connectivity index (χ4v) is 2.35. The quantitative estimate of drug-likeness (QED) is 0.828. The molecule has 2 aromatic heterocycles. The van der Waals surface area contributed by atoms with E-state index in [2.05, 4.69) is 53.2 Å². The zero-order valence-corrected chi connectivity index (χ0v) is 11.0. The van der Waals surface area contributed by atoms with Gasteiger partial charge >= 0.3 is 0 Å². The van der Waals surface area contributed by atoms with Crippen LogP contribution in [-0.2, 0) is 6.42 Å². The summed E-state index contributed by atoms with van der Waals surface area (Å²) in [5.41, 5.74) is 1.41. The van der Waals surface area contributed by atoms with Crippen molar-refractivity contribution in [3.8, 4) is 0 Å². The average molecular weight is 237 g/mol. The highest BCUT2D eigenvalue weighted by Gasteiger charge is 2.08. The van der Waals surface area contributed by atoms with Crippen LogP contribution in [0.4, 0.5) is 0 Å². The molecule has 0 fully saturated rings. The van der Waals surface area contributed by atoms with Gasteiger partial charge < -0.3 is 5.32 Å². The summed E-state index contributed by atoms with van der Waals surface area (Å²) in [6.07, 6.45) is 6.38. The van der Waals surface area contributed by atoms with Gasteiger partial charge in [0.05, 0.1) is 5.69 Å². The Bertz CT molecular complexity index is 421. The SMILES string of the molecule is CC(C)(C)NCCCc1cn2ccsc2n1. The Balaban J connectivity index is 1.80. The van der Waals surface area contributed by atoms with E-state index in [1.807, 2.05) is 0 Å². The zero-order valence-electron chi connectivity index (χ0n) is 10.2. The largest absolute Gasteiger partial charge is 0.312 e. The van der Waals surface area contributed by atoms with Crippen molar-refractivity contribution in [3.05, 3.63) is 23.5 Å². The molecule has 0 radical (unpaired) electrons. The summed E-state index contributed by atoms with van der Waals surface area (Å²) in [4.78, 5) is 5.66. The standard InChI is InChI=1S/C12H19N3S/c1-12(2,3)13-6-4-5-10-9-15-7-8-16-11(15)14-10/h7-9,13H,4-6H2,1-3H3. The molecule has 0 bridgehead atoms. The molecule has 2 rings (SSSR count). The molecular weight excluding hydrogens is 218 g/mol. The molecule has 0 aliphatic carbocycles. The highest BCUT2D eigenvalue weighted by molar-refractivity contribution is 7.15. The molecule has 0 spiro atoms. The molecule has 3 nitrogen and oxygen atoms in total. The van der Waals surface area contributed by atoms with Crippen molar-refractivity contribution in [3.63, 3.8) is 0 Å². The lowest BCUT2D eigenvalue weighted by Crippen LogP contribution is -2.36. The molecule has 0 amide bonds. The lowest BCUT2D eigenvalue weighted by Gasteiger charge is -2.20. The minimum Gasteiger partial charge on any atom is -0.312 e. The number of nitrogens with zero attached hydrogens (tertiary/aromatic N) is 2. The van der Waals surface area contributed by atoms with E-state index in [1.54, 1.807) is 11.3 Å². The lowest BCUT2D eigenvalue weighted by molar-refractivity contribution is 0.422. The van der Waals surface area contributed by atoms with Crippen LogP contribution in [0.5, 0.6) is 0 Å². The predicted molar refractivity (Wildman–Crippen MR) is 69.1 cm³/mol. The van der Waals surface area contributed by atoms with Crippen LogP contribution in [0.15, 0.2) is 17.8 Å². The van der Waals surface area contributed by atoms with Gasteiger partial charge in [-0.3, -0.25) is 4.40 Å². The lowest BCUT2D eigenvalue weighted by atomic mass is 10.1. The Hall–Kier alpha value is -0.870. The van der Waals surface area contributed by atoms with E-state index in [0.717, 1.165) is 24.3 Å². The second-order valence-corrected chi connectivity index (χ2v) is 5.98. The maximum atomic E-state index is 4.56. The number of hydrogen-bond acceptors (Lipinski definition) is 3. The van der Waals surface area contributed by atoms with Gasteiger partial charge in [0, 0.05) is 23.3 Å². The topological polar surface area (TPSA) is 29.3 Å². The van der Waals surface area contributed by atoms with Crippen molar-refractivity contribution in [1.29, 1.82) is 0 Å². The van der Waals surface area contributed by atoms with Crippen LogP contribution in [0.1, 0.15) is 32.9 Å². The number of fused-ring (bicyclic) bond motifs is 1. The van der Waals surface area contributed by atoms with Gasteiger partial charge in [-0.05, 0) is 40.2 Å². The molecule has 0 atom stereocenters. The minimum atomic E-state index is 0.217. The number of aryl methyl sites for hydroxylation is 1. The van der Waals surface area contributed by atoms with E-state index in [9.17, 15) is 0 Å². The molecule has 88 valence electrons. The normalized spacial score (nSPS) is 12.4. The van der Waals surface area contributed by atoms with Gasteiger partial charge in [-0.25, -0.2) is 4.98 Å². The fraction of sp³-hybridized carbons (Fsp3) is 0.583. The van der Waals surface area contributed by atoms with E-state index in [0.29, 0.717) is 0 Å². The summed E-state index contributed by atoms with van der Waals surface area (Å²) < 4.78 is 2.09. The third-order valence-electron chi connectivity index (χ3n) is 2.41. The number of nitrogens with one attached hydrogen (secondary N) is 1. The first-order valence-corrected chi connectivity index (χ1v) is 6.59. The molecule has 0 saturated heterocycles. The molecule has 0 aromatic carbocycles. The van der Waals surface area contributed by atoms with Crippen LogP contribution in [0, 0.1) is 0 Å². The first-order valence-electron chi connectivity index (χ1n) is 5.71. The van der Waals surface area contributed by atoms with E-state index < -0.39 is 0 Å². The monoisotopic (exact) mass is 237 g/mol. The summed E-state index contributed by atoms with van der Waals surface area (Å²) in [5.74, 6) is 0. The third kappa shape index (κ3) is 3.06. The van der Waals surface area contributed by atoms with Gasteiger partial charge in [0.2, 0.25) is 0 Å².